The number of ether oxygens (including phenoxy) is 4. The van der Waals surface area contributed by atoms with Gasteiger partial charge in [-0.2, -0.15) is 0 Å². The zero-order valence-electron chi connectivity index (χ0n) is 19.9. The largest absolute Gasteiger partial charge is 0.462 e. The SMILES string of the molecule is CC1(C)COC(=O)[C@@H]1OC(=O)[C@H]1CC[C@H](C(=O)O[C@H]2C(=O)OCC2(C)C)N1Cc1ccccc1. The van der Waals surface area contributed by atoms with Crippen molar-refractivity contribution < 1.29 is 38.1 Å². The summed E-state index contributed by atoms with van der Waals surface area (Å²) in [5.74, 6) is -2.29. The molecule has 1 aromatic carbocycles. The van der Waals surface area contributed by atoms with E-state index in [1.54, 1.807) is 32.6 Å². The van der Waals surface area contributed by atoms with E-state index < -0.39 is 59.0 Å². The molecule has 0 N–H and O–H groups in total. The number of hydrogen-bond acceptors (Lipinski definition) is 9. The van der Waals surface area contributed by atoms with Gasteiger partial charge in [-0.1, -0.05) is 58.0 Å². The Morgan fingerprint density at radius 2 is 1.29 bits per heavy atom. The molecular weight excluding hydrogens is 442 g/mol. The van der Waals surface area contributed by atoms with Crippen LogP contribution in [0, 0.1) is 10.8 Å². The highest BCUT2D eigenvalue weighted by Gasteiger charge is 2.52. The molecule has 4 rings (SSSR count). The Bertz CT molecular complexity index is 914. The van der Waals surface area contributed by atoms with Gasteiger partial charge in [0, 0.05) is 17.4 Å². The summed E-state index contributed by atoms with van der Waals surface area (Å²) in [5.41, 5.74) is -0.369. The molecule has 3 heterocycles. The van der Waals surface area contributed by atoms with Crippen molar-refractivity contribution in [2.24, 2.45) is 10.8 Å². The Balaban J connectivity index is 1.53. The first-order valence-electron chi connectivity index (χ1n) is 11.5. The maximum Gasteiger partial charge on any atom is 0.348 e. The van der Waals surface area contributed by atoms with Crippen LogP contribution < -0.4 is 0 Å². The van der Waals surface area contributed by atoms with Gasteiger partial charge in [-0.3, -0.25) is 14.5 Å². The van der Waals surface area contributed by atoms with Crippen LogP contribution in [0.1, 0.15) is 46.1 Å². The fourth-order valence-corrected chi connectivity index (χ4v) is 4.65. The molecule has 0 radical (unpaired) electrons. The van der Waals surface area contributed by atoms with E-state index in [9.17, 15) is 19.2 Å². The van der Waals surface area contributed by atoms with E-state index in [4.69, 9.17) is 18.9 Å². The molecule has 34 heavy (non-hydrogen) atoms. The van der Waals surface area contributed by atoms with E-state index in [2.05, 4.69) is 0 Å². The predicted molar refractivity (Wildman–Crippen MR) is 118 cm³/mol. The number of benzene rings is 1. The van der Waals surface area contributed by atoms with E-state index in [1.807, 2.05) is 30.3 Å². The molecule has 3 fully saturated rings. The quantitative estimate of drug-likeness (QED) is 0.453. The number of carbonyl (C=O) groups is 4. The molecule has 0 amide bonds. The Morgan fingerprint density at radius 3 is 1.68 bits per heavy atom. The van der Waals surface area contributed by atoms with E-state index in [0.29, 0.717) is 19.4 Å². The van der Waals surface area contributed by atoms with Gasteiger partial charge in [-0.05, 0) is 18.4 Å². The summed E-state index contributed by atoms with van der Waals surface area (Å²) in [6.45, 7) is 7.85. The summed E-state index contributed by atoms with van der Waals surface area (Å²) in [5, 5.41) is 0. The van der Waals surface area contributed by atoms with Crippen molar-refractivity contribution in [1.29, 1.82) is 0 Å². The third kappa shape index (κ3) is 4.66. The molecule has 0 aliphatic carbocycles. The molecular formula is C25H31NO8. The first kappa shape index (κ1) is 24.2. The maximum atomic E-state index is 13.2. The summed E-state index contributed by atoms with van der Waals surface area (Å²) in [6.07, 6.45) is -1.30. The molecule has 1 aromatic rings. The minimum atomic E-state index is -1.00. The summed E-state index contributed by atoms with van der Waals surface area (Å²) < 4.78 is 21.4. The standard InChI is InChI=1S/C25H31NO8/c1-24(2)13-31-22(29)18(24)33-20(27)16-10-11-17(26(16)12-15-8-6-5-7-9-15)21(28)34-19-23(30)32-14-25(19,3)4/h5-9,16-19H,10-14H2,1-4H3/t16-,17-,18+,19+/m1/s1. The van der Waals surface area contributed by atoms with Gasteiger partial charge in [0.1, 0.15) is 25.3 Å². The van der Waals surface area contributed by atoms with E-state index in [-0.39, 0.29) is 13.2 Å². The number of hydrogen-bond donors (Lipinski definition) is 0. The minimum absolute atomic E-state index is 0.171. The molecule has 0 saturated carbocycles. The van der Waals surface area contributed by atoms with Crippen LogP contribution in [0.15, 0.2) is 30.3 Å². The van der Waals surface area contributed by atoms with Crippen molar-refractivity contribution in [3.63, 3.8) is 0 Å². The molecule has 0 bridgehead atoms. The highest BCUT2D eigenvalue weighted by Crippen LogP contribution is 2.36. The van der Waals surface area contributed by atoms with Gasteiger partial charge in [0.2, 0.25) is 12.2 Å². The molecule has 0 spiro atoms. The Kier molecular flexibility index (Phi) is 6.42. The summed E-state index contributed by atoms with van der Waals surface area (Å²) in [7, 11) is 0. The number of nitrogens with zero attached hydrogens (tertiary/aromatic N) is 1. The number of cyclic esters (lactones) is 2. The maximum absolute atomic E-state index is 13.2. The molecule has 0 unspecified atom stereocenters. The highest BCUT2D eigenvalue weighted by atomic mass is 16.6. The third-order valence-electron chi connectivity index (χ3n) is 6.75. The van der Waals surface area contributed by atoms with Crippen molar-refractivity contribution in [2.45, 2.75) is 71.4 Å². The normalized spacial score (nSPS) is 30.0. The van der Waals surface area contributed by atoms with Crippen LogP contribution >= 0.6 is 0 Å². The molecule has 3 aliphatic heterocycles. The Morgan fingerprint density at radius 1 is 0.853 bits per heavy atom. The van der Waals surface area contributed by atoms with Crippen molar-refractivity contribution in [1.82, 2.24) is 4.90 Å². The monoisotopic (exact) mass is 473 g/mol. The van der Waals surface area contributed by atoms with Gasteiger partial charge in [-0.15, -0.1) is 0 Å². The molecule has 3 aliphatic rings. The summed E-state index contributed by atoms with van der Waals surface area (Å²) >= 11 is 0. The topological polar surface area (TPSA) is 108 Å². The fourth-order valence-electron chi connectivity index (χ4n) is 4.65. The van der Waals surface area contributed by atoms with E-state index >= 15 is 0 Å². The number of esters is 4. The van der Waals surface area contributed by atoms with Gasteiger partial charge in [0.05, 0.1) is 0 Å². The summed E-state index contributed by atoms with van der Waals surface area (Å²) in [6, 6.07) is 7.94. The van der Waals surface area contributed by atoms with Crippen molar-refractivity contribution in [3.05, 3.63) is 35.9 Å². The molecule has 184 valence electrons. The fraction of sp³-hybridized carbons (Fsp3) is 0.600. The molecule has 9 nitrogen and oxygen atoms in total. The van der Waals surface area contributed by atoms with Crippen LogP contribution in [0.2, 0.25) is 0 Å². The van der Waals surface area contributed by atoms with Gasteiger partial charge in [-0.25, -0.2) is 9.59 Å². The number of rotatable bonds is 6. The lowest BCUT2D eigenvalue weighted by Gasteiger charge is -2.31. The summed E-state index contributed by atoms with van der Waals surface area (Å²) in [4.78, 5) is 52.4. The lowest BCUT2D eigenvalue weighted by atomic mass is 9.90. The first-order valence-corrected chi connectivity index (χ1v) is 11.5. The van der Waals surface area contributed by atoms with Gasteiger partial charge in [0.25, 0.3) is 0 Å². The van der Waals surface area contributed by atoms with Crippen LogP contribution in [0.25, 0.3) is 0 Å². The average molecular weight is 474 g/mol. The smallest absolute Gasteiger partial charge is 0.348 e. The second-order valence-electron chi connectivity index (χ2n) is 10.6. The lowest BCUT2D eigenvalue weighted by molar-refractivity contribution is -0.171. The first-order chi connectivity index (χ1) is 16.0. The van der Waals surface area contributed by atoms with Gasteiger partial charge >= 0.3 is 23.9 Å². The Hall–Kier alpha value is -2.94. The van der Waals surface area contributed by atoms with Crippen LogP contribution in [0.4, 0.5) is 0 Å². The lowest BCUT2D eigenvalue weighted by Crippen LogP contribution is -2.48. The zero-order valence-corrected chi connectivity index (χ0v) is 19.9. The van der Waals surface area contributed by atoms with Gasteiger partial charge in [0.15, 0.2) is 0 Å². The Labute approximate surface area is 198 Å². The van der Waals surface area contributed by atoms with Crippen molar-refractivity contribution in [2.75, 3.05) is 13.2 Å². The highest BCUT2D eigenvalue weighted by molar-refractivity contribution is 5.87. The van der Waals surface area contributed by atoms with E-state index in [0.717, 1.165) is 5.56 Å². The predicted octanol–water partition coefficient (Wildman–Crippen LogP) is 2.01. The number of likely N-dealkylation sites (tertiary alicyclic amines) is 1. The third-order valence-corrected chi connectivity index (χ3v) is 6.75. The zero-order chi connectivity index (χ0) is 24.7. The molecule has 0 aromatic heterocycles. The van der Waals surface area contributed by atoms with Gasteiger partial charge < -0.3 is 18.9 Å². The molecule has 4 atom stereocenters. The number of carbonyl (C=O) groups excluding carboxylic acids is 4. The van der Waals surface area contributed by atoms with Crippen molar-refractivity contribution in [3.8, 4) is 0 Å². The van der Waals surface area contributed by atoms with Crippen LogP contribution in [-0.2, 0) is 44.7 Å². The van der Waals surface area contributed by atoms with Crippen molar-refractivity contribution >= 4 is 23.9 Å². The van der Waals surface area contributed by atoms with Crippen LogP contribution in [-0.4, -0.2) is 66.3 Å². The minimum Gasteiger partial charge on any atom is -0.462 e. The van der Waals surface area contributed by atoms with Crippen LogP contribution in [0.5, 0.6) is 0 Å². The molecule has 3 saturated heterocycles. The second kappa shape index (κ2) is 9.02. The molecule has 9 heteroatoms. The van der Waals surface area contributed by atoms with E-state index in [1.165, 1.54) is 0 Å². The van der Waals surface area contributed by atoms with Crippen LogP contribution in [0.3, 0.4) is 0 Å². The second-order valence-corrected chi connectivity index (χ2v) is 10.6. The average Bonchev–Trinajstić information content (AvgIpc) is 3.40.